The summed E-state index contributed by atoms with van der Waals surface area (Å²) in [4.78, 5) is 9.47. The molecule has 0 radical (unpaired) electrons. The SMILES string of the molecule is C=S(N)(=O)c1ccc(Nc2ncc(-c3ccsc3)c(N[C@H](CC)CO)n2)cc1Br. The maximum absolute atomic E-state index is 12.0. The number of nitrogens with two attached hydrogens (primary N) is 1. The average Bonchev–Trinajstić information content (AvgIpc) is 3.19. The van der Waals surface area contributed by atoms with Gasteiger partial charge in [0.25, 0.3) is 0 Å². The van der Waals surface area contributed by atoms with E-state index in [9.17, 15) is 9.32 Å². The van der Waals surface area contributed by atoms with Crippen molar-refractivity contribution in [1.82, 2.24) is 9.97 Å². The number of nitrogens with one attached hydrogen (secondary N) is 2. The summed E-state index contributed by atoms with van der Waals surface area (Å²) in [7, 11) is -2.82. The van der Waals surface area contributed by atoms with E-state index in [1.165, 1.54) is 0 Å². The predicted molar refractivity (Wildman–Crippen MR) is 125 cm³/mol. The minimum atomic E-state index is -2.82. The van der Waals surface area contributed by atoms with Crippen molar-refractivity contribution in [1.29, 1.82) is 0 Å². The Morgan fingerprint density at radius 3 is 2.79 bits per heavy atom. The Morgan fingerprint density at radius 1 is 1.41 bits per heavy atom. The van der Waals surface area contributed by atoms with E-state index in [1.54, 1.807) is 35.7 Å². The Hall–Kier alpha value is -1.98. The van der Waals surface area contributed by atoms with Crippen molar-refractivity contribution in [3.63, 3.8) is 0 Å². The Balaban J connectivity index is 1.93. The number of thiophene rings is 1. The molecule has 2 heterocycles. The van der Waals surface area contributed by atoms with Crippen LogP contribution in [-0.4, -0.2) is 37.8 Å². The number of halogens is 1. The normalized spacial score (nSPS) is 14.2. The minimum Gasteiger partial charge on any atom is -0.394 e. The molecule has 0 bridgehead atoms. The number of rotatable bonds is 8. The first-order chi connectivity index (χ1) is 13.8. The van der Waals surface area contributed by atoms with Gasteiger partial charge in [-0.15, -0.1) is 0 Å². The molecular weight excluding hydrogens is 474 g/mol. The molecule has 0 spiro atoms. The van der Waals surface area contributed by atoms with Gasteiger partial charge in [0.2, 0.25) is 5.95 Å². The molecule has 0 saturated heterocycles. The lowest BCUT2D eigenvalue weighted by Crippen LogP contribution is -2.24. The summed E-state index contributed by atoms with van der Waals surface area (Å²) in [5.41, 5.74) is 2.57. The van der Waals surface area contributed by atoms with Crippen molar-refractivity contribution in [3.8, 4) is 11.1 Å². The second-order valence-electron chi connectivity index (χ2n) is 6.40. The van der Waals surface area contributed by atoms with Gasteiger partial charge in [0.15, 0.2) is 0 Å². The number of anilines is 3. The van der Waals surface area contributed by atoms with Gasteiger partial charge in [0.1, 0.15) is 5.82 Å². The Bertz CT molecular complexity index is 1080. The van der Waals surface area contributed by atoms with Crippen LogP contribution in [0.5, 0.6) is 0 Å². The van der Waals surface area contributed by atoms with Gasteiger partial charge in [-0.05, 0) is 68.8 Å². The van der Waals surface area contributed by atoms with E-state index < -0.39 is 9.71 Å². The van der Waals surface area contributed by atoms with Crippen LogP contribution >= 0.6 is 27.3 Å². The van der Waals surface area contributed by atoms with Crippen LogP contribution in [0.25, 0.3) is 11.1 Å². The summed E-state index contributed by atoms with van der Waals surface area (Å²) >= 11 is 4.97. The molecule has 0 aliphatic rings. The van der Waals surface area contributed by atoms with Gasteiger partial charge in [0.05, 0.1) is 27.3 Å². The van der Waals surface area contributed by atoms with Crippen LogP contribution in [0.15, 0.2) is 50.6 Å². The number of nitrogens with zero attached hydrogens (tertiary/aromatic N) is 2. The highest BCUT2D eigenvalue weighted by Gasteiger charge is 2.14. The van der Waals surface area contributed by atoms with Crippen LogP contribution in [-0.2, 0) is 9.71 Å². The number of benzene rings is 1. The first-order valence-corrected chi connectivity index (χ1v) is 12.3. The van der Waals surface area contributed by atoms with Crippen molar-refractivity contribution >= 4 is 60.3 Å². The molecule has 29 heavy (non-hydrogen) atoms. The van der Waals surface area contributed by atoms with Crippen molar-refractivity contribution in [3.05, 3.63) is 45.7 Å². The Morgan fingerprint density at radius 2 is 2.21 bits per heavy atom. The quantitative estimate of drug-likeness (QED) is 0.353. The van der Waals surface area contributed by atoms with Crippen LogP contribution in [0.3, 0.4) is 0 Å². The number of aromatic nitrogens is 2. The highest BCUT2D eigenvalue weighted by molar-refractivity contribution is 9.10. The highest BCUT2D eigenvalue weighted by Crippen LogP contribution is 2.31. The first-order valence-electron chi connectivity index (χ1n) is 8.80. The molecule has 1 aromatic carbocycles. The molecule has 7 nitrogen and oxygen atoms in total. The molecule has 5 N–H and O–H groups in total. The zero-order valence-electron chi connectivity index (χ0n) is 15.8. The van der Waals surface area contributed by atoms with Crippen molar-refractivity contribution in [2.75, 3.05) is 17.2 Å². The molecule has 0 aliphatic carbocycles. The van der Waals surface area contributed by atoms with Gasteiger partial charge in [0, 0.05) is 21.9 Å². The number of hydrogen-bond acceptors (Lipinski definition) is 7. The molecule has 0 amide bonds. The fraction of sp³-hybridized carbons (Fsp3) is 0.211. The first kappa shape index (κ1) is 21.7. The summed E-state index contributed by atoms with van der Waals surface area (Å²) < 4.78 is 12.6. The summed E-state index contributed by atoms with van der Waals surface area (Å²) in [6.07, 6.45) is 2.50. The molecule has 0 saturated carbocycles. The van der Waals surface area contributed by atoms with Crippen molar-refractivity contribution in [2.45, 2.75) is 24.3 Å². The summed E-state index contributed by atoms with van der Waals surface area (Å²) in [5, 5.41) is 25.6. The second kappa shape index (κ2) is 9.23. The van der Waals surface area contributed by atoms with E-state index in [4.69, 9.17) is 5.14 Å². The third-order valence-corrected chi connectivity index (χ3v) is 6.94. The number of hydrogen-bond donors (Lipinski definition) is 4. The van der Waals surface area contributed by atoms with E-state index in [2.05, 4.69) is 42.4 Å². The van der Waals surface area contributed by atoms with Crippen LogP contribution < -0.4 is 15.8 Å². The summed E-state index contributed by atoms with van der Waals surface area (Å²) in [6.45, 7) is 2.00. The average molecular weight is 496 g/mol. The fourth-order valence-electron chi connectivity index (χ4n) is 2.64. The topological polar surface area (TPSA) is 113 Å². The van der Waals surface area contributed by atoms with Crippen molar-refractivity contribution in [2.24, 2.45) is 5.14 Å². The zero-order valence-corrected chi connectivity index (χ0v) is 19.0. The monoisotopic (exact) mass is 495 g/mol. The maximum Gasteiger partial charge on any atom is 0.229 e. The van der Waals surface area contributed by atoms with E-state index >= 15 is 0 Å². The lowest BCUT2D eigenvalue weighted by atomic mass is 10.1. The summed E-state index contributed by atoms with van der Waals surface area (Å²) in [6, 6.07) is 7.03. The smallest absolute Gasteiger partial charge is 0.229 e. The van der Waals surface area contributed by atoms with Gasteiger partial charge in [-0.1, -0.05) is 6.92 Å². The third kappa shape index (κ3) is 5.34. The molecule has 3 rings (SSSR count). The van der Waals surface area contributed by atoms with Gasteiger partial charge in [-0.25, -0.2) is 9.19 Å². The molecular formula is C19H22BrN5O2S2. The van der Waals surface area contributed by atoms with Gasteiger partial charge in [-0.2, -0.15) is 16.3 Å². The van der Waals surface area contributed by atoms with Gasteiger partial charge in [-0.3, -0.25) is 5.14 Å². The van der Waals surface area contributed by atoms with Crippen LogP contribution in [0.4, 0.5) is 17.5 Å². The van der Waals surface area contributed by atoms with Crippen LogP contribution in [0.1, 0.15) is 13.3 Å². The number of aliphatic hydroxyl groups excluding tert-OH is 1. The van der Waals surface area contributed by atoms with Crippen LogP contribution in [0.2, 0.25) is 0 Å². The van der Waals surface area contributed by atoms with E-state index in [1.807, 2.05) is 23.8 Å². The molecule has 154 valence electrons. The predicted octanol–water partition coefficient (Wildman–Crippen LogP) is 3.84. The largest absolute Gasteiger partial charge is 0.394 e. The van der Waals surface area contributed by atoms with E-state index in [-0.39, 0.29) is 12.6 Å². The fourth-order valence-corrected chi connectivity index (χ4v) is 5.18. The maximum atomic E-state index is 12.0. The zero-order chi connectivity index (χ0) is 21.0. The molecule has 10 heteroatoms. The molecule has 3 aromatic rings. The molecule has 0 fully saturated rings. The minimum absolute atomic E-state index is 0.00414. The highest BCUT2D eigenvalue weighted by atomic mass is 79.9. The second-order valence-corrected chi connectivity index (χ2v) is 9.92. The molecule has 2 atom stereocenters. The van der Waals surface area contributed by atoms with E-state index in [0.717, 1.165) is 17.5 Å². The number of aliphatic hydroxyl groups is 1. The van der Waals surface area contributed by atoms with Crippen LogP contribution in [0, 0.1) is 0 Å². The van der Waals surface area contributed by atoms with Gasteiger partial charge < -0.3 is 15.7 Å². The van der Waals surface area contributed by atoms with Crippen molar-refractivity contribution < 1.29 is 9.32 Å². The Labute approximate surface area is 182 Å². The summed E-state index contributed by atoms with van der Waals surface area (Å²) in [5.74, 6) is 4.54. The van der Waals surface area contributed by atoms with E-state index in [0.29, 0.717) is 26.8 Å². The van der Waals surface area contributed by atoms with Gasteiger partial charge >= 0.3 is 0 Å². The molecule has 2 aromatic heterocycles. The lowest BCUT2D eigenvalue weighted by Gasteiger charge is -2.18. The lowest BCUT2D eigenvalue weighted by molar-refractivity contribution is 0.271. The molecule has 0 aliphatic heterocycles. The third-order valence-electron chi connectivity index (χ3n) is 4.24. The molecule has 1 unspecified atom stereocenters. The standard InChI is InChI=1S/C19H22BrN5O2S2/c1-3-13(10-26)23-18-15(12-6-7-28-11-12)9-22-19(25-18)24-14-4-5-17(16(20)8-14)29(2,21)27/h4-9,11,13,26H,2-3,10H2,1H3,(H2,21,27)(H2,22,23,24,25)/t13-,29?/m1/s1. The Kier molecular flexibility index (Phi) is 6.91.